The van der Waals surface area contributed by atoms with Gasteiger partial charge in [0.1, 0.15) is 12.4 Å². The van der Waals surface area contributed by atoms with Gasteiger partial charge < -0.3 is 20.3 Å². The summed E-state index contributed by atoms with van der Waals surface area (Å²) in [5, 5.41) is 4.53. The number of alkyl carbamates (subject to hydrolysis) is 1. The summed E-state index contributed by atoms with van der Waals surface area (Å²) >= 11 is 0. The van der Waals surface area contributed by atoms with Crippen LogP contribution in [0.25, 0.3) is 0 Å². The van der Waals surface area contributed by atoms with Crippen molar-refractivity contribution in [1.29, 1.82) is 0 Å². The molecule has 162 valence electrons. The monoisotopic (exact) mass is 428 g/mol. The Morgan fingerprint density at radius 3 is 2.31 bits per heavy atom. The maximum absolute atomic E-state index is 12.6. The molecule has 29 heavy (non-hydrogen) atoms. The Morgan fingerprint density at radius 2 is 1.79 bits per heavy atom. The van der Waals surface area contributed by atoms with Gasteiger partial charge in [0, 0.05) is 25.3 Å². The van der Waals surface area contributed by atoms with Crippen molar-refractivity contribution in [2.45, 2.75) is 31.2 Å². The highest BCUT2D eigenvalue weighted by atomic mass is 19.4. The maximum atomic E-state index is 12.6. The molecule has 1 aromatic heterocycles. The molecule has 2 amide bonds. The third-order valence-electron chi connectivity index (χ3n) is 4.02. The molecule has 2 heterocycles. The number of nitrogens with zero attached hydrogens (tertiary/aromatic N) is 2. The molecule has 2 N–H and O–H groups in total. The first-order valence-electron chi connectivity index (χ1n) is 8.49. The van der Waals surface area contributed by atoms with Crippen molar-refractivity contribution < 1.29 is 40.7 Å². The molecule has 7 nitrogen and oxygen atoms in total. The van der Waals surface area contributed by atoms with Gasteiger partial charge in [-0.15, -0.1) is 0 Å². The molecular formula is C16H18F6N4O3. The van der Waals surface area contributed by atoms with E-state index in [0.717, 1.165) is 12.3 Å². The fourth-order valence-corrected chi connectivity index (χ4v) is 2.62. The Morgan fingerprint density at radius 1 is 1.14 bits per heavy atom. The second-order valence-electron chi connectivity index (χ2n) is 6.28. The highest BCUT2D eigenvalue weighted by Crippen LogP contribution is 2.29. The van der Waals surface area contributed by atoms with Crippen LogP contribution in [0.5, 0.6) is 0 Å². The summed E-state index contributed by atoms with van der Waals surface area (Å²) in [6.45, 7) is -1.43. The van der Waals surface area contributed by atoms with Crippen LogP contribution in [0.4, 0.5) is 37.0 Å². The van der Waals surface area contributed by atoms with E-state index in [1.165, 1.54) is 6.07 Å². The third kappa shape index (κ3) is 7.66. The van der Waals surface area contributed by atoms with E-state index in [0.29, 0.717) is 31.7 Å². The van der Waals surface area contributed by atoms with Crippen LogP contribution in [0.3, 0.4) is 0 Å². The Labute approximate surface area is 161 Å². The lowest BCUT2D eigenvalue weighted by Crippen LogP contribution is -2.47. The molecular weight excluding hydrogens is 410 g/mol. The first-order chi connectivity index (χ1) is 13.4. The molecule has 2 rings (SSSR count). The first-order valence-corrected chi connectivity index (χ1v) is 8.49. The van der Waals surface area contributed by atoms with E-state index >= 15 is 0 Å². The Hall–Kier alpha value is -2.73. The zero-order valence-electron chi connectivity index (χ0n) is 14.9. The summed E-state index contributed by atoms with van der Waals surface area (Å²) in [7, 11) is 0. The number of ether oxygens (including phenoxy) is 1. The lowest BCUT2D eigenvalue weighted by molar-refractivity contribution is -0.160. The predicted molar refractivity (Wildman–Crippen MR) is 88.0 cm³/mol. The molecule has 0 unspecified atom stereocenters. The van der Waals surface area contributed by atoms with Gasteiger partial charge in [0.15, 0.2) is 6.61 Å². The van der Waals surface area contributed by atoms with Gasteiger partial charge in [-0.25, -0.2) is 9.78 Å². The second-order valence-corrected chi connectivity index (χ2v) is 6.28. The topological polar surface area (TPSA) is 83.6 Å². The summed E-state index contributed by atoms with van der Waals surface area (Å²) in [5.41, 5.74) is -0.843. The molecule has 0 spiro atoms. The highest BCUT2D eigenvalue weighted by molar-refractivity contribution is 5.82. The van der Waals surface area contributed by atoms with Crippen LogP contribution in [0.1, 0.15) is 18.4 Å². The van der Waals surface area contributed by atoms with Crippen LogP contribution >= 0.6 is 0 Å². The molecule has 1 fully saturated rings. The van der Waals surface area contributed by atoms with E-state index in [4.69, 9.17) is 0 Å². The molecule has 1 aliphatic heterocycles. The standard InChI is InChI=1S/C16H18F6N4O3/c17-15(18,19)9-29-14(28)24-8-13(27)25-11-3-5-26(6-4-11)12-2-1-10(7-23-12)16(20,21)22/h1-2,7,11H,3-6,8-9H2,(H,24,28)(H,25,27). The lowest BCUT2D eigenvalue weighted by Gasteiger charge is -2.33. The maximum Gasteiger partial charge on any atom is 0.422 e. The van der Waals surface area contributed by atoms with E-state index in [9.17, 15) is 35.9 Å². The molecule has 0 saturated carbocycles. The van der Waals surface area contributed by atoms with Crippen molar-refractivity contribution in [2.24, 2.45) is 0 Å². The van der Waals surface area contributed by atoms with E-state index in [1.54, 1.807) is 4.90 Å². The van der Waals surface area contributed by atoms with Gasteiger partial charge >= 0.3 is 18.4 Å². The Kier molecular flexibility index (Phi) is 7.14. The van der Waals surface area contributed by atoms with Gasteiger partial charge in [-0.3, -0.25) is 4.79 Å². The number of pyridine rings is 1. The number of piperidine rings is 1. The minimum absolute atomic E-state index is 0.249. The SMILES string of the molecule is O=C(CNC(=O)OCC(F)(F)F)NC1CCN(c2ccc(C(F)(F)F)cn2)CC1. The fourth-order valence-electron chi connectivity index (χ4n) is 2.62. The fraction of sp³-hybridized carbons (Fsp3) is 0.562. The molecule has 1 aromatic rings. The van der Waals surface area contributed by atoms with Crippen molar-refractivity contribution in [3.8, 4) is 0 Å². The number of anilines is 1. The van der Waals surface area contributed by atoms with Crippen molar-refractivity contribution in [2.75, 3.05) is 31.1 Å². The summed E-state index contributed by atoms with van der Waals surface area (Å²) in [6.07, 6.45) is -8.77. The van der Waals surface area contributed by atoms with Crippen molar-refractivity contribution in [3.63, 3.8) is 0 Å². The lowest BCUT2D eigenvalue weighted by atomic mass is 10.0. The average Bonchev–Trinajstić information content (AvgIpc) is 2.64. The minimum Gasteiger partial charge on any atom is -0.440 e. The van der Waals surface area contributed by atoms with Crippen LogP contribution in [-0.2, 0) is 15.7 Å². The second kappa shape index (κ2) is 9.18. The van der Waals surface area contributed by atoms with Crippen LogP contribution in [0.2, 0.25) is 0 Å². The number of carbonyl (C=O) groups is 2. The van der Waals surface area contributed by atoms with E-state index in [1.807, 2.05) is 5.32 Å². The van der Waals surface area contributed by atoms with Crippen LogP contribution < -0.4 is 15.5 Å². The first kappa shape index (κ1) is 22.6. The van der Waals surface area contributed by atoms with Crippen molar-refractivity contribution in [1.82, 2.24) is 15.6 Å². The predicted octanol–water partition coefficient (Wildman–Crippen LogP) is 2.47. The van der Waals surface area contributed by atoms with Crippen LogP contribution in [0.15, 0.2) is 18.3 Å². The summed E-state index contributed by atoms with van der Waals surface area (Å²) < 4.78 is 77.3. The number of alkyl halides is 6. The molecule has 0 aromatic carbocycles. The van der Waals surface area contributed by atoms with E-state index in [-0.39, 0.29) is 6.04 Å². The number of halogens is 6. The van der Waals surface area contributed by atoms with Crippen LogP contribution in [0, 0.1) is 0 Å². The molecule has 0 atom stereocenters. The quantitative estimate of drug-likeness (QED) is 0.705. The highest BCUT2D eigenvalue weighted by Gasteiger charge is 2.31. The van der Waals surface area contributed by atoms with Gasteiger partial charge in [0.25, 0.3) is 0 Å². The third-order valence-corrected chi connectivity index (χ3v) is 4.02. The average molecular weight is 428 g/mol. The van der Waals surface area contributed by atoms with Gasteiger partial charge in [0.05, 0.1) is 5.56 Å². The van der Waals surface area contributed by atoms with Gasteiger partial charge in [-0.1, -0.05) is 0 Å². The number of aromatic nitrogens is 1. The van der Waals surface area contributed by atoms with Crippen LogP contribution in [-0.4, -0.2) is 55.4 Å². The van der Waals surface area contributed by atoms with Gasteiger partial charge in [-0.05, 0) is 25.0 Å². The number of hydrogen-bond donors (Lipinski definition) is 2. The molecule has 0 aliphatic carbocycles. The Bertz CT molecular complexity index is 700. The minimum atomic E-state index is -4.66. The van der Waals surface area contributed by atoms with Crippen molar-refractivity contribution in [3.05, 3.63) is 23.9 Å². The van der Waals surface area contributed by atoms with Crippen molar-refractivity contribution >= 4 is 17.8 Å². The number of rotatable bonds is 5. The number of nitrogens with one attached hydrogen (secondary N) is 2. The van der Waals surface area contributed by atoms with Gasteiger partial charge in [0.2, 0.25) is 5.91 Å². The molecule has 0 radical (unpaired) electrons. The summed E-state index contributed by atoms with van der Waals surface area (Å²) in [6, 6.07) is 1.97. The summed E-state index contributed by atoms with van der Waals surface area (Å²) in [4.78, 5) is 28.4. The molecule has 0 bridgehead atoms. The van der Waals surface area contributed by atoms with E-state index in [2.05, 4.69) is 15.0 Å². The molecule has 1 saturated heterocycles. The zero-order chi connectivity index (χ0) is 21.7. The van der Waals surface area contributed by atoms with E-state index < -0.39 is 43.1 Å². The summed E-state index contributed by atoms with van der Waals surface area (Å²) in [5.74, 6) is -0.211. The zero-order valence-corrected chi connectivity index (χ0v) is 14.9. The number of hydrogen-bond acceptors (Lipinski definition) is 5. The molecule has 1 aliphatic rings. The smallest absolute Gasteiger partial charge is 0.422 e. The number of carbonyl (C=O) groups excluding carboxylic acids is 2. The van der Waals surface area contributed by atoms with Gasteiger partial charge in [-0.2, -0.15) is 26.3 Å². The Balaban J connectivity index is 1.71. The number of amides is 2. The largest absolute Gasteiger partial charge is 0.440 e. The normalized spacial score (nSPS) is 15.7. The molecule has 13 heteroatoms.